The van der Waals surface area contributed by atoms with Gasteiger partial charge in [0.05, 0.1) is 11.0 Å². The lowest BCUT2D eigenvalue weighted by atomic mass is 9.52. The molecule has 2 heterocycles. The first kappa shape index (κ1) is 16.4. The van der Waals surface area contributed by atoms with Crippen molar-refractivity contribution in [2.24, 2.45) is 29.6 Å². The van der Waals surface area contributed by atoms with Gasteiger partial charge in [-0.3, -0.25) is 4.57 Å². The summed E-state index contributed by atoms with van der Waals surface area (Å²) in [6.07, 6.45) is 9.87. The molecule has 1 aliphatic heterocycles. The second-order valence-electron chi connectivity index (χ2n) is 9.94. The van der Waals surface area contributed by atoms with Gasteiger partial charge in [0.15, 0.2) is 0 Å². The molecule has 4 heteroatoms. The highest BCUT2D eigenvalue weighted by atomic mass is 16.1. The third kappa shape index (κ3) is 2.71. The molecule has 4 aliphatic carbocycles. The zero-order valence-electron chi connectivity index (χ0n) is 16.1. The van der Waals surface area contributed by atoms with Gasteiger partial charge < -0.3 is 9.88 Å². The summed E-state index contributed by atoms with van der Waals surface area (Å²) in [5.41, 5.74) is 2.11. The number of hydrogen-bond donors (Lipinski definition) is 1. The maximum absolute atomic E-state index is 12.5. The second kappa shape index (κ2) is 6.23. The number of nitrogens with zero attached hydrogens (tertiary/aromatic N) is 2. The Morgan fingerprint density at radius 1 is 0.926 bits per heavy atom. The van der Waals surface area contributed by atoms with Gasteiger partial charge in [-0.2, -0.15) is 0 Å². The van der Waals surface area contributed by atoms with E-state index in [1.807, 2.05) is 22.8 Å². The summed E-state index contributed by atoms with van der Waals surface area (Å²) in [4.78, 5) is 18.3. The number of rotatable bonds is 3. The topological polar surface area (TPSA) is 41.0 Å². The molecule has 0 amide bonds. The fraction of sp³-hybridized carbons (Fsp3) is 0.696. The van der Waals surface area contributed by atoms with Crippen LogP contribution in [0.15, 0.2) is 29.1 Å². The maximum atomic E-state index is 12.5. The molecule has 144 valence electrons. The van der Waals surface area contributed by atoms with Crippen LogP contribution >= 0.6 is 0 Å². The van der Waals surface area contributed by atoms with Gasteiger partial charge in [-0.15, -0.1) is 0 Å². The lowest BCUT2D eigenvalue weighted by Crippen LogP contribution is -2.50. The van der Waals surface area contributed by atoms with Crippen molar-refractivity contribution in [1.82, 2.24) is 14.5 Å². The molecule has 0 unspecified atom stereocenters. The summed E-state index contributed by atoms with van der Waals surface area (Å²) in [6.45, 7) is 3.63. The molecular formula is C23H31N3O. The number of piperidine rings is 1. The Labute approximate surface area is 160 Å². The summed E-state index contributed by atoms with van der Waals surface area (Å²) >= 11 is 0. The Hall–Kier alpha value is -1.55. The first-order valence-electron chi connectivity index (χ1n) is 11.2. The molecule has 0 spiro atoms. The Bertz CT molecular complexity index is 860. The quantitative estimate of drug-likeness (QED) is 0.892. The molecule has 1 aromatic heterocycles. The number of aromatic amines is 1. The van der Waals surface area contributed by atoms with Crippen LogP contribution in [0.5, 0.6) is 0 Å². The van der Waals surface area contributed by atoms with E-state index < -0.39 is 0 Å². The van der Waals surface area contributed by atoms with Crippen LogP contribution < -0.4 is 5.69 Å². The second-order valence-corrected chi connectivity index (χ2v) is 9.94. The summed E-state index contributed by atoms with van der Waals surface area (Å²) in [5, 5.41) is 0. The largest absolute Gasteiger partial charge is 0.326 e. The number of likely N-dealkylation sites (tertiary alicyclic amines) is 1. The van der Waals surface area contributed by atoms with Crippen LogP contribution in [0, 0.1) is 29.6 Å². The van der Waals surface area contributed by atoms with Crippen LogP contribution in [0.25, 0.3) is 11.0 Å². The molecule has 27 heavy (non-hydrogen) atoms. The molecule has 4 saturated carbocycles. The predicted octanol–water partition coefficient (Wildman–Crippen LogP) is 4.04. The molecule has 4 bridgehead atoms. The summed E-state index contributed by atoms with van der Waals surface area (Å²) in [6, 6.07) is 8.47. The lowest BCUT2D eigenvalue weighted by Gasteiger charge is -2.55. The van der Waals surface area contributed by atoms with Crippen molar-refractivity contribution >= 4 is 11.0 Å². The minimum atomic E-state index is 0.0655. The van der Waals surface area contributed by atoms with E-state index in [0.29, 0.717) is 6.04 Å². The monoisotopic (exact) mass is 365 g/mol. The molecule has 0 radical (unpaired) electrons. The Kier molecular flexibility index (Phi) is 3.79. The molecule has 2 aromatic rings. The Morgan fingerprint density at radius 3 is 2.30 bits per heavy atom. The van der Waals surface area contributed by atoms with Crippen molar-refractivity contribution in [3.63, 3.8) is 0 Å². The number of imidazole rings is 1. The predicted molar refractivity (Wildman–Crippen MR) is 108 cm³/mol. The fourth-order valence-corrected chi connectivity index (χ4v) is 7.43. The highest BCUT2D eigenvalue weighted by molar-refractivity contribution is 5.75. The van der Waals surface area contributed by atoms with Gasteiger partial charge in [0.25, 0.3) is 0 Å². The maximum Gasteiger partial charge on any atom is 0.326 e. The van der Waals surface area contributed by atoms with Gasteiger partial charge in [0.2, 0.25) is 0 Å². The smallest absolute Gasteiger partial charge is 0.306 e. The third-order valence-corrected chi connectivity index (χ3v) is 8.44. The Morgan fingerprint density at radius 2 is 1.59 bits per heavy atom. The van der Waals surface area contributed by atoms with Crippen molar-refractivity contribution < 1.29 is 0 Å². The highest BCUT2D eigenvalue weighted by Gasteiger charge is 2.48. The van der Waals surface area contributed by atoms with Crippen molar-refractivity contribution in [1.29, 1.82) is 0 Å². The molecule has 5 fully saturated rings. The SMILES string of the molecule is O=c1[nH]c2ccccc2n1C1CCN(CC2C3CC4CC(C3)CC2C4)CC1. The van der Waals surface area contributed by atoms with Gasteiger partial charge in [0.1, 0.15) is 0 Å². The lowest BCUT2D eigenvalue weighted by molar-refractivity contribution is -0.0516. The van der Waals surface area contributed by atoms with Crippen LogP contribution in [0.2, 0.25) is 0 Å². The molecular weight excluding hydrogens is 334 g/mol. The average molecular weight is 366 g/mol. The molecule has 1 saturated heterocycles. The molecule has 1 N–H and O–H groups in total. The van der Waals surface area contributed by atoms with Crippen molar-refractivity contribution in [3.05, 3.63) is 34.7 Å². The summed E-state index contributed by atoms with van der Waals surface area (Å²) in [5.74, 6) is 5.15. The first-order chi connectivity index (χ1) is 13.2. The first-order valence-corrected chi connectivity index (χ1v) is 11.2. The van der Waals surface area contributed by atoms with Gasteiger partial charge in [-0.05, 0) is 86.7 Å². The number of nitrogens with one attached hydrogen (secondary N) is 1. The molecule has 5 aliphatic rings. The van der Waals surface area contributed by atoms with E-state index in [2.05, 4.69) is 16.0 Å². The number of H-pyrrole nitrogens is 1. The minimum absolute atomic E-state index is 0.0655. The summed E-state index contributed by atoms with van der Waals surface area (Å²) < 4.78 is 2.02. The number of fused-ring (bicyclic) bond motifs is 1. The van der Waals surface area contributed by atoms with Gasteiger partial charge >= 0.3 is 5.69 Å². The van der Waals surface area contributed by atoms with Crippen LogP contribution in [-0.2, 0) is 0 Å². The van der Waals surface area contributed by atoms with Gasteiger partial charge in [0, 0.05) is 25.7 Å². The number of para-hydroxylation sites is 2. The average Bonchev–Trinajstić information content (AvgIpc) is 3.00. The van der Waals surface area contributed by atoms with E-state index in [1.54, 1.807) is 6.42 Å². The van der Waals surface area contributed by atoms with Crippen LogP contribution in [0.3, 0.4) is 0 Å². The van der Waals surface area contributed by atoms with Gasteiger partial charge in [-0.25, -0.2) is 4.79 Å². The van der Waals surface area contributed by atoms with E-state index in [9.17, 15) is 4.79 Å². The zero-order chi connectivity index (χ0) is 18.0. The van der Waals surface area contributed by atoms with E-state index in [1.165, 1.54) is 32.2 Å². The van der Waals surface area contributed by atoms with Crippen molar-refractivity contribution in [3.8, 4) is 0 Å². The van der Waals surface area contributed by atoms with E-state index in [-0.39, 0.29) is 5.69 Å². The fourth-order valence-electron chi connectivity index (χ4n) is 7.43. The van der Waals surface area contributed by atoms with Crippen molar-refractivity contribution in [2.45, 2.75) is 51.0 Å². The number of hydrogen-bond acceptors (Lipinski definition) is 2. The van der Waals surface area contributed by atoms with Crippen LogP contribution in [-0.4, -0.2) is 34.1 Å². The third-order valence-electron chi connectivity index (χ3n) is 8.44. The molecule has 1 aromatic carbocycles. The molecule has 7 rings (SSSR count). The van der Waals surface area contributed by atoms with E-state index in [0.717, 1.165) is 66.6 Å². The minimum Gasteiger partial charge on any atom is -0.306 e. The van der Waals surface area contributed by atoms with Crippen molar-refractivity contribution in [2.75, 3.05) is 19.6 Å². The molecule has 0 atom stereocenters. The Balaban J connectivity index is 1.14. The van der Waals surface area contributed by atoms with Crippen LogP contribution in [0.1, 0.15) is 51.0 Å². The van der Waals surface area contributed by atoms with E-state index in [4.69, 9.17) is 0 Å². The zero-order valence-corrected chi connectivity index (χ0v) is 16.1. The normalized spacial score (nSPS) is 36.7. The van der Waals surface area contributed by atoms with Crippen LogP contribution in [0.4, 0.5) is 0 Å². The number of benzene rings is 1. The van der Waals surface area contributed by atoms with E-state index >= 15 is 0 Å². The standard InChI is InChI=1S/C23H31N3O/c27-23-24-21-3-1-2-4-22(21)26(23)19-5-7-25(8-6-19)14-20-17-10-15-9-16(12-17)13-18(20)11-15/h1-4,15-20H,5-14H2,(H,24,27). The van der Waals surface area contributed by atoms with Gasteiger partial charge in [-0.1, -0.05) is 12.1 Å². The molecule has 4 nitrogen and oxygen atoms in total. The number of aromatic nitrogens is 2. The highest BCUT2D eigenvalue weighted by Crippen LogP contribution is 2.56. The summed E-state index contributed by atoms with van der Waals surface area (Å²) in [7, 11) is 0.